The number of hydrogen-bond donors (Lipinski definition) is 0. The van der Waals surface area contributed by atoms with E-state index in [1.165, 1.54) is 166 Å². The van der Waals surface area contributed by atoms with Gasteiger partial charge in [0.2, 0.25) is 0 Å². The molecule has 0 amide bonds. The summed E-state index contributed by atoms with van der Waals surface area (Å²) in [4.78, 5) is 25.2. The van der Waals surface area contributed by atoms with Crippen LogP contribution in [0, 0.1) is 0 Å². The zero-order chi connectivity index (χ0) is 40.8. The van der Waals surface area contributed by atoms with Crippen molar-refractivity contribution < 1.29 is 61.6 Å². The Balaban J connectivity index is 0.0000314. The van der Waals surface area contributed by atoms with Crippen molar-refractivity contribution in [1.29, 1.82) is 0 Å². The van der Waals surface area contributed by atoms with Gasteiger partial charge in [-0.1, -0.05) is 185 Å². The molecule has 0 aromatic heterocycles. The third kappa shape index (κ3) is 32.1. The Morgan fingerprint density at radius 3 is 1.16 bits per heavy atom. The number of hydrogen-bond acceptors (Lipinski definition) is 7. The van der Waals surface area contributed by atoms with E-state index in [0.717, 1.165) is 44.6 Å². The van der Waals surface area contributed by atoms with Gasteiger partial charge in [-0.15, -0.1) is 0 Å². The first-order chi connectivity index (χ1) is 27.3. The molecule has 9 heteroatoms. The number of rotatable bonds is 39. The van der Waals surface area contributed by atoms with Crippen LogP contribution in [0.2, 0.25) is 0 Å². The van der Waals surface area contributed by atoms with Crippen molar-refractivity contribution in [2.24, 2.45) is 0 Å². The minimum Gasteiger partial charge on any atom is -0.744 e. The molecule has 1 aromatic carbocycles. The van der Waals surface area contributed by atoms with Crippen LogP contribution in [-0.2, 0) is 19.6 Å². The largest absolute Gasteiger partial charge is 1.00 e. The van der Waals surface area contributed by atoms with Gasteiger partial charge in [-0.3, -0.25) is 0 Å². The van der Waals surface area contributed by atoms with E-state index in [-0.39, 0.29) is 48.3 Å². The van der Waals surface area contributed by atoms with Crippen LogP contribution in [0.1, 0.15) is 240 Å². The van der Waals surface area contributed by atoms with Crippen LogP contribution >= 0.6 is 0 Å². The zero-order valence-corrected chi connectivity index (χ0v) is 39.7. The molecule has 0 bridgehead atoms. The average molecular weight is 825 g/mol. The summed E-state index contributed by atoms with van der Waals surface area (Å²) in [5, 5.41) is 0. The van der Waals surface area contributed by atoms with Crippen molar-refractivity contribution in [2.45, 2.75) is 224 Å². The third-order valence-electron chi connectivity index (χ3n) is 10.5. The van der Waals surface area contributed by atoms with E-state index in [1.54, 1.807) is 0 Å². The van der Waals surface area contributed by atoms with Crippen molar-refractivity contribution in [3.63, 3.8) is 0 Å². The van der Waals surface area contributed by atoms with Gasteiger partial charge in [0.15, 0.2) is 0 Å². The number of ether oxygens (including phenoxy) is 2. The fourth-order valence-electron chi connectivity index (χ4n) is 7.01. The fourth-order valence-corrected chi connectivity index (χ4v) is 7.69. The van der Waals surface area contributed by atoms with Gasteiger partial charge in [-0.05, 0) is 76.3 Å². The molecule has 0 saturated heterocycles. The number of carbonyl (C=O) groups is 2. The molecule has 0 radical (unpaired) electrons. The Morgan fingerprint density at radius 1 is 0.491 bits per heavy atom. The minimum absolute atomic E-state index is 0. The summed E-state index contributed by atoms with van der Waals surface area (Å²) in [7, 11) is -5.02. The zero-order valence-electron chi connectivity index (χ0n) is 36.8. The average Bonchev–Trinajstić information content (AvgIpc) is 3.18. The molecule has 0 unspecified atom stereocenters. The van der Waals surface area contributed by atoms with Gasteiger partial charge in [-0.2, -0.15) is 0 Å². The van der Waals surface area contributed by atoms with E-state index in [1.807, 2.05) is 0 Å². The van der Waals surface area contributed by atoms with Gasteiger partial charge < -0.3 is 14.0 Å². The Bertz CT molecular complexity index is 1280. The molecule has 0 aliphatic rings. The summed E-state index contributed by atoms with van der Waals surface area (Å²) < 4.78 is 46.8. The summed E-state index contributed by atoms with van der Waals surface area (Å²) in [6.07, 6.45) is 47.5. The Morgan fingerprint density at radius 2 is 0.807 bits per heavy atom. The van der Waals surface area contributed by atoms with Crippen LogP contribution < -0.4 is 29.6 Å². The molecule has 0 heterocycles. The van der Waals surface area contributed by atoms with E-state index < -0.39 is 32.5 Å². The summed E-state index contributed by atoms with van der Waals surface area (Å²) in [5.41, 5.74) is -0.780. The van der Waals surface area contributed by atoms with Gasteiger partial charge in [-0.25, -0.2) is 18.0 Å². The van der Waals surface area contributed by atoms with Crippen LogP contribution in [0.5, 0.6) is 0 Å². The second kappa shape index (κ2) is 40.0. The molecule has 0 aliphatic carbocycles. The summed E-state index contributed by atoms with van der Waals surface area (Å²) in [6, 6.07) is 3.63. The monoisotopic (exact) mass is 825 g/mol. The molecular weight excluding hydrogens is 744 g/mol. The van der Waals surface area contributed by atoms with Crippen LogP contribution in [-0.4, -0.2) is 38.1 Å². The predicted octanol–water partition coefficient (Wildman–Crippen LogP) is 11.5. The molecule has 7 nitrogen and oxygen atoms in total. The fraction of sp³-hybridized carbons (Fsp3) is 0.750. The number of carbonyl (C=O) groups excluding carboxylic acids is 2. The van der Waals surface area contributed by atoms with E-state index in [9.17, 15) is 22.6 Å². The van der Waals surface area contributed by atoms with Crippen LogP contribution in [0.3, 0.4) is 0 Å². The molecule has 0 spiro atoms. The van der Waals surface area contributed by atoms with Crippen molar-refractivity contribution in [3.8, 4) is 0 Å². The number of unbranched alkanes of at least 4 members (excludes halogenated alkanes) is 28. The smallest absolute Gasteiger partial charge is 0.744 e. The Hall–Kier alpha value is -1.45. The SMILES string of the molecule is CCCCCCC/C=C/CCCCCCCCCCCOC(=O)c1cccc(S(=O)(=O)[O-])c1C(=O)OCCCCCCCCCCC/C=C/CCCCCCC.[Na+]. The predicted molar refractivity (Wildman–Crippen MR) is 232 cm³/mol. The van der Waals surface area contributed by atoms with Crippen molar-refractivity contribution >= 4 is 22.1 Å². The Labute approximate surface area is 372 Å². The van der Waals surface area contributed by atoms with Crippen LogP contribution in [0.15, 0.2) is 47.4 Å². The molecule has 1 aromatic rings. The van der Waals surface area contributed by atoms with E-state index in [0.29, 0.717) is 12.8 Å². The Kier molecular flexibility index (Phi) is 39.0. The standard InChI is InChI=1S/C48H82O7S.Na/c1-3-5-7-9-11-13-15-17-19-21-23-25-27-29-31-33-35-37-42-54-47(49)44-40-39-41-45(56(51,52)53)46(44)48(50)55-43-38-36-34-32-30-28-26-24-22-20-18-16-14-12-10-8-6-4-2;/h15-18,39-41H,3-14,19-38,42-43H2,1-2H3,(H,51,52,53);/q;+1/p-1/b17-15+,18-16+;. The van der Waals surface area contributed by atoms with Crippen molar-refractivity contribution in [1.82, 2.24) is 0 Å². The third-order valence-corrected chi connectivity index (χ3v) is 11.4. The van der Waals surface area contributed by atoms with Gasteiger partial charge in [0.1, 0.15) is 10.1 Å². The first-order valence-electron chi connectivity index (χ1n) is 23.1. The van der Waals surface area contributed by atoms with Gasteiger partial charge in [0, 0.05) is 0 Å². The molecule has 57 heavy (non-hydrogen) atoms. The van der Waals surface area contributed by atoms with Crippen LogP contribution in [0.25, 0.3) is 0 Å². The maximum absolute atomic E-state index is 13.0. The molecule has 322 valence electrons. The van der Waals surface area contributed by atoms with Gasteiger partial charge >= 0.3 is 41.5 Å². The molecular formula is C48H81NaO7S. The number of benzene rings is 1. The number of esters is 2. The minimum atomic E-state index is -5.02. The molecule has 0 atom stereocenters. The summed E-state index contributed by atoms with van der Waals surface area (Å²) in [6.45, 7) is 4.75. The quantitative estimate of drug-likeness (QED) is 0.0214. The summed E-state index contributed by atoms with van der Waals surface area (Å²) in [5.74, 6) is -1.81. The second-order valence-corrected chi connectivity index (χ2v) is 17.0. The molecule has 0 N–H and O–H groups in total. The van der Waals surface area contributed by atoms with Gasteiger partial charge in [0.05, 0.1) is 29.2 Å². The topological polar surface area (TPSA) is 110 Å². The maximum Gasteiger partial charge on any atom is 1.00 e. The summed E-state index contributed by atoms with van der Waals surface area (Å²) >= 11 is 0. The van der Waals surface area contributed by atoms with Crippen molar-refractivity contribution in [3.05, 3.63) is 53.6 Å². The molecule has 0 fully saturated rings. The first-order valence-corrected chi connectivity index (χ1v) is 24.5. The van der Waals surface area contributed by atoms with Gasteiger partial charge in [0.25, 0.3) is 0 Å². The molecule has 0 aliphatic heterocycles. The van der Waals surface area contributed by atoms with Crippen molar-refractivity contribution in [2.75, 3.05) is 13.2 Å². The maximum atomic E-state index is 13.0. The molecule has 1 rings (SSSR count). The second-order valence-electron chi connectivity index (χ2n) is 15.7. The normalized spacial score (nSPS) is 11.7. The van der Waals surface area contributed by atoms with Crippen LogP contribution in [0.4, 0.5) is 0 Å². The van der Waals surface area contributed by atoms with E-state index in [2.05, 4.69) is 38.2 Å². The van der Waals surface area contributed by atoms with E-state index >= 15 is 0 Å². The number of allylic oxidation sites excluding steroid dienone is 4. The molecule has 0 saturated carbocycles. The first kappa shape index (κ1) is 55.5. The van der Waals surface area contributed by atoms with E-state index in [4.69, 9.17) is 9.47 Å².